The van der Waals surface area contributed by atoms with Gasteiger partial charge in [0, 0.05) is 27.3 Å². The molecule has 0 radical (unpaired) electrons. The first-order valence-electron chi connectivity index (χ1n) is 10.4. The molecule has 0 aliphatic carbocycles. The lowest BCUT2D eigenvalue weighted by atomic mass is 10.2. The predicted molar refractivity (Wildman–Crippen MR) is 137 cm³/mol. The maximum atomic E-state index is 13.4. The van der Waals surface area contributed by atoms with E-state index in [1.807, 2.05) is 0 Å². The van der Waals surface area contributed by atoms with Gasteiger partial charge in [-0.1, -0.05) is 40.9 Å². The number of carbonyl (C=O) groups is 2. The summed E-state index contributed by atoms with van der Waals surface area (Å²) < 4.78 is 32.7. The second-order valence-electron chi connectivity index (χ2n) is 7.31. The summed E-state index contributed by atoms with van der Waals surface area (Å²) in [5.74, 6) is -1.07. The summed E-state index contributed by atoms with van der Waals surface area (Å²) in [5.41, 5.74) is 1.19. The molecule has 0 heterocycles. The van der Waals surface area contributed by atoms with Crippen LogP contribution in [0.2, 0.25) is 15.1 Å². The maximum absolute atomic E-state index is 13.4. The summed E-state index contributed by atoms with van der Waals surface area (Å²) in [6.07, 6.45) is 0. The Bertz CT molecular complexity index is 1310. The van der Waals surface area contributed by atoms with Gasteiger partial charge in [0.2, 0.25) is 15.9 Å². The molecule has 0 unspecified atom stereocenters. The van der Waals surface area contributed by atoms with Crippen molar-refractivity contribution in [3.63, 3.8) is 0 Å². The van der Waals surface area contributed by atoms with Crippen LogP contribution < -0.4 is 5.32 Å². The van der Waals surface area contributed by atoms with Crippen molar-refractivity contribution in [1.29, 1.82) is 0 Å². The van der Waals surface area contributed by atoms with Gasteiger partial charge in [0.1, 0.15) is 0 Å². The number of carbonyl (C=O) groups excluding carboxylic acids is 2. The third kappa shape index (κ3) is 7.19. The molecule has 11 heteroatoms. The fourth-order valence-electron chi connectivity index (χ4n) is 3.09. The molecule has 0 spiro atoms. The van der Waals surface area contributed by atoms with Crippen molar-refractivity contribution in [2.75, 3.05) is 18.5 Å². The van der Waals surface area contributed by atoms with E-state index >= 15 is 0 Å². The molecule has 0 atom stereocenters. The number of sulfonamides is 1. The Morgan fingerprint density at radius 1 is 0.914 bits per heavy atom. The van der Waals surface area contributed by atoms with E-state index in [0.29, 0.717) is 26.9 Å². The quantitative estimate of drug-likeness (QED) is 0.344. The zero-order valence-corrected chi connectivity index (χ0v) is 21.6. The number of halogens is 3. The number of hydrogen-bond acceptors (Lipinski definition) is 5. The van der Waals surface area contributed by atoms with Crippen molar-refractivity contribution in [3.05, 3.63) is 92.9 Å². The van der Waals surface area contributed by atoms with Crippen LogP contribution in [0.25, 0.3) is 0 Å². The largest absolute Gasteiger partial charge is 0.462 e. The molecule has 3 aromatic carbocycles. The third-order valence-electron chi connectivity index (χ3n) is 4.81. The zero-order chi connectivity index (χ0) is 25.6. The average molecular weight is 556 g/mol. The van der Waals surface area contributed by atoms with Gasteiger partial charge in [-0.3, -0.25) is 4.79 Å². The van der Waals surface area contributed by atoms with E-state index < -0.39 is 28.4 Å². The highest BCUT2D eigenvalue weighted by atomic mass is 35.5. The molecule has 0 aromatic heterocycles. The summed E-state index contributed by atoms with van der Waals surface area (Å²) in [7, 11) is -4.09. The van der Waals surface area contributed by atoms with Gasteiger partial charge < -0.3 is 10.1 Å². The Balaban J connectivity index is 1.83. The van der Waals surface area contributed by atoms with Gasteiger partial charge in [-0.2, -0.15) is 4.31 Å². The fraction of sp³-hybridized carbons (Fsp3) is 0.167. The summed E-state index contributed by atoms with van der Waals surface area (Å²) in [4.78, 5) is 24.6. The molecule has 1 amide bonds. The Hall–Kier alpha value is -2.62. The minimum absolute atomic E-state index is 0.0291. The number of nitrogens with one attached hydrogen (secondary N) is 1. The van der Waals surface area contributed by atoms with Gasteiger partial charge in [0.25, 0.3) is 0 Å². The number of rotatable bonds is 9. The number of amides is 1. The number of anilines is 1. The molecule has 3 rings (SSSR count). The summed E-state index contributed by atoms with van der Waals surface area (Å²) in [6.45, 7) is 1.28. The van der Waals surface area contributed by atoms with Crippen molar-refractivity contribution in [1.82, 2.24) is 4.31 Å². The number of esters is 1. The van der Waals surface area contributed by atoms with E-state index in [-0.39, 0.29) is 23.1 Å². The van der Waals surface area contributed by atoms with E-state index in [0.717, 1.165) is 4.31 Å². The lowest BCUT2D eigenvalue weighted by Gasteiger charge is -2.22. The molecule has 1 N–H and O–H groups in total. The van der Waals surface area contributed by atoms with Crippen LogP contribution in [0.15, 0.2) is 71.6 Å². The standard InChI is InChI=1S/C24H21Cl3N2O5S/c1-2-34-24(31)16-4-9-20(10-5-16)28-23(30)15-29(14-17-3-6-19(26)13-22(17)27)35(32,33)21-11-7-18(25)8-12-21/h3-13H,2,14-15H2,1H3,(H,28,30). The minimum Gasteiger partial charge on any atom is -0.462 e. The normalized spacial score (nSPS) is 11.3. The first-order valence-corrected chi connectivity index (χ1v) is 12.9. The Morgan fingerprint density at radius 2 is 1.54 bits per heavy atom. The van der Waals surface area contributed by atoms with Crippen LogP contribution in [0, 0.1) is 0 Å². The molecular formula is C24H21Cl3N2O5S. The molecule has 0 aliphatic heterocycles. The first-order chi connectivity index (χ1) is 16.6. The van der Waals surface area contributed by atoms with Crippen LogP contribution in [-0.2, 0) is 26.1 Å². The zero-order valence-electron chi connectivity index (χ0n) is 18.5. The maximum Gasteiger partial charge on any atom is 0.338 e. The lowest BCUT2D eigenvalue weighted by Crippen LogP contribution is -2.37. The Labute approximate surface area is 218 Å². The van der Waals surface area contributed by atoms with E-state index in [2.05, 4.69) is 5.32 Å². The molecule has 35 heavy (non-hydrogen) atoms. The molecule has 0 saturated heterocycles. The highest BCUT2D eigenvalue weighted by Gasteiger charge is 2.28. The van der Waals surface area contributed by atoms with Crippen LogP contribution in [0.5, 0.6) is 0 Å². The van der Waals surface area contributed by atoms with Gasteiger partial charge in [0.15, 0.2) is 0 Å². The van der Waals surface area contributed by atoms with Crippen LogP contribution in [0.4, 0.5) is 5.69 Å². The van der Waals surface area contributed by atoms with Crippen molar-refractivity contribution in [3.8, 4) is 0 Å². The smallest absolute Gasteiger partial charge is 0.338 e. The molecule has 0 saturated carbocycles. The third-order valence-corrected chi connectivity index (χ3v) is 7.46. The highest BCUT2D eigenvalue weighted by Crippen LogP contribution is 2.26. The van der Waals surface area contributed by atoms with Crippen molar-refractivity contribution < 1.29 is 22.7 Å². The second kappa shape index (κ2) is 11.9. The fourth-order valence-corrected chi connectivity index (χ4v) is 5.05. The molecule has 0 fully saturated rings. The van der Waals surface area contributed by atoms with Gasteiger partial charge in [-0.25, -0.2) is 13.2 Å². The van der Waals surface area contributed by atoms with Gasteiger partial charge >= 0.3 is 5.97 Å². The Kier molecular flexibility index (Phi) is 9.15. The van der Waals surface area contributed by atoms with E-state index in [1.54, 1.807) is 19.1 Å². The molecule has 0 bridgehead atoms. The van der Waals surface area contributed by atoms with Gasteiger partial charge in [-0.05, 0) is 73.2 Å². The molecule has 3 aromatic rings. The lowest BCUT2D eigenvalue weighted by molar-refractivity contribution is -0.116. The summed E-state index contributed by atoms with van der Waals surface area (Å²) in [6, 6.07) is 16.4. The predicted octanol–water partition coefficient (Wildman–Crippen LogP) is 5.65. The second-order valence-corrected chi connectivity index (χ2v) is 10.5. The van der Waals surface area contributed by atoms with E-state index in [4.69, 9.17) is 39.5 Å². The number of hydrogen-bond donors (Lipinski definition) is 1. The highest BCUT2D eigenvalue weighted by molar-refractivity contribution is 7.89. The molecule has 0 aliphatic rings. The van der Waals surface area contributed by atoms with E-state index in [1.165, 1.54) is 54.6 Å². The topological polar surface area (TPSA) is 92.8 Å². The van der Waals surface area contributed by atoms with Crippen molar-refractivity contribution in [2.24, 2.45) is 0 Å². The number of benzene rings is 3. The molecular weight excluding hydrogens is 535 g/mol. The van der Waals surface area contributed by atoms with Crippen LogP contribution in [0.1, 0.15) is 22.8 Å². The number of ether oxygens (including phenoxy) is 1. The minimum atomic E-state index is -4.09. The van der Waals surface area contributed by atoms with Crippen LogP contribution >= 0.6 is 34.8 Å². The monoisotopic (exact) mass is 554 g/mol. The first kappa shape index (κ1) is 27.0. The number of nitrogens with zero attached hydrogens (tertiary/aromatic N) is 1. The van der Waals surface area contributed by atoms with Gasteiger partial charge in [0.05, 0.1) is 23.6 Å². The van der Waals surface area contributed by atoms with Gasteiger partial charge in [-0.15, -0.1) is 0 Å². The average Bonchev–Trinajstić information content (AvgIpc) is 2.81. The summed E-state index contributed by atoms with van der Waals surface area (Å²) >= 11 is 18.1. The van der Waals surface area contributed by atoms with Crippen molar-refractivity contribution in [2.45, 2.75) is 18.4 Å². The van der Waals surface area contributed by atoms with Crippen LogP contribution in [-0.4, -0.2) is 37.8 Å². The molecule has 184 valence electrons. The summed E-state index contributed by atoms with van der Waals surface area (Å²) in [5, 5.41) is 3.68. The SMILES string of the molecule is CCOC(=O)c1ccc(NC(=O)CN(Cc2ccc(Cl)cc2Cl)S(=O)(=O)c2ccc(Cl)cc2)cc1. The molecule has 7 nitrogen and oxygen atoms in total. The Morgan fingerprint density at radius 3 is 2.14 bits per heavy atom. The van der Waals surface area contributed by atoms with Crippen molar-refractivity contribution >= 4 is 62.4 Å². The van der Waals surface area contributed by atoms with E-state index in [9.17, 15) is 18.0 Å². The van der Waals surface area contributed by atoms with Crippen LogP contribution in [0.3, 0.4) is 0 Å².